The van der Waals surface area contributed by atoms with Gasteiger partial charge in [0.15, 0.2) is 11.5 Å². The van der Waals surface area contributed by atoms with Gasteiger partial charge < -0.3 is 14.8 Å². The van der Waals surface area contributed by atoms with Crippen LogP contribution >= 0.6 is 0 Å². The van der Waals surface area contributed by atoms with E-state index in [2.05, 4.69) is 5.32 Å². The predicted molar refractivity (Wildman–Crippen MR) is 119 cm³/mol. The third-order valence-corrected chi connectivity index (χ3v) is 6.06. The van der Waals surface area contributed by atoms with E-state index in [-0.39, 0.29) is 6.04 Å². The number of benzene rings is 2. The number of rotatable bonds is 8. The van der Waals surface area contributed by atoms with Crippen molar-refractivity contribution in [2.45, 2.75) is 39.8 Å². The van der Waals surface area contributed by atoms with Crippen LogP contribution in [0.4, 0.5) is 5.69 Å². The van der Waals surface area contributed by atoms with Gasteiger partial charge in [0.1, 0.15) is 6.04 Å². The van der Waals surface area contributed by atoms with Gasteiger partial charge in [-0.05, 0) is 68.7 Å². The lowest BCUT2D eigenvalue weighted by Gasteiger charge is -2.30. The van der Waals surface area contributed by atoms with Crippen LogP contribution in [0.1, 0.15) is 36.6 Å². The molecule has 2 rings (SSSR count). The lowest BCUT2D eigenvalue weighted by atomic mass is 10.1. The molecule has 0 heterocycles. The number of sulfonamides is 1. The molecule has 0 bridgehead atoms. The zero-order chi connectivity index (χ0) is 22.6. The van der Waals surface area contributed by atoms with E-state index in [9.17, 15) is 13.2 Å². The molecule has 2 aromatic rings. The predicted octanol–water partition coefficient (Wildman–Crippen LogP) is 3.35. The summed E-state index contributed by atoms with van der Waals surface area (Å²) in [5, 5.41) is 2.89. The third kappa shape index (κ3) is 5.44. The Bertz CT molecular complexity index is 1000. The van der Waals surface area contributed by atoms with Gasteiger partial charge in [0, 0.05) is 0 Å². The van der Waals surface area contributed by atoms with E-state index >= 15 is 0 Å². The number of hydrogen-bond donors (Lipinski definition) is 1. The zero-order valence-electron chi connectivity index (χ0n) is 18.5. The van der Waals surface area contributed by atoms with Gasteiger partial charge in [-0.3, -0.25) is 9.10 Å². The first-order valence-electron chi connectivity index (χ1n) is 9.58. The van der Waals surface area contributed by atoms with Gasteiger partial charge in [-0.15, -0.1) is 0 Å². The second kappa shape index (κ2) is 9.38. The molecule has 0 aromatic heterocycles. The summed E-state index contributed by atoms with van der Waals surface area (Å²) in [6.07, 6.45) is 1.10. The SMILES string of the molecule is COc1ccc([C@@H](C)NC(=O)[C@H](C)N(c2cc(C)cc(C)c2)S(C)(=O)=O)cc1OC. The summed E-state index contributed by atoms with van der Waals surface area (Å²) in [6.45, 7) is 7.19. The average molecular weight is 435 g/mol. The quantitative estimate of drug-likeness (QED) is 0.689. The highest BCUT2D eigenvalue weighted by Crippen LogP contribution is 2.30. The standard InChI is InChI=1S/C22H30N2O5S/c1-14-10-15(2)12-19(11-14)24(30(7,26)27)17(4)22(25)23-16(3)18-8-9-20(28-5)21(13-18)29-6/h8-13,16-17H,1-7H3,(H,23,25)/t16-,17+/m1/s1. The van der Waals surface area contributed by atoms with Crippen LogP contribution in [0, 0.1) is 13.8 Å². The molecule has 0 saturated carbocycles. The molecule has 7 nitrogen and oxygen atoms in total. The van der Waals surface area contributed by atoms with Crippen molar-refractivity contribution in [2.24, 2.45) is 0 Å². The summed E-state index contributed by atoms with van der Waals surface area (Å²) >= 11 is 0. The van der Waals surface area contributed by atoms with Crippen molar-refractivity contribution in [1.82, 2.24) is 5.32 Å². The molecule has 0 unspecified atom stereocenters. The lowest BCUT2D eigenvalue weighted by Crippen LogP contribution is -2.48. The highest BCUT2D eigenvalue weighted by atomic mass is 32.2. The Labute approximate surface area is 179 Å². The molecular weight excluding hydrogens is 404 g/mol. The molecule has 8 heteroatoms. The Morgan fingerprint density at radius 2 is 1.53 bits per heavy atom. The number of aryl methyl sites for hydroxylation is 2. The molecule has 1 N–H and O–H groups in total. The van der Waals surface area contributed by atoms with Crippen molar-refractivity contribution in [1.29, 1.82) is 0 Å². The fourth-order valence-corrected chi connectivity index (χ4v) is 4.58. The van der Waals surface area contributed by atoms with E-state index < -0.39 is 22.0 Å². The summed E-state index contributed by atoms with van der Waals surface area (Å²) in [6, 6.07) is 9.56. The largest absolute Gasteiger partial charge is 0.493 e. The topological polar surface area (TPSA) is 84.9 Å². The normalized spacial score (nSPS) is 13.3. The minimum absolute atomic E-state index is 0.361. The number of nitrogens with zero attached hydrogens (tertiary/aromatic N) is 1. The molecule has 0 spiro atoms. The fourth-order valence-electron chi connectivity index (χ4n) is 3.43. The molecule has 0 fully saturated rings. The van der Waals surface area contributed by atoms with Gasteiger partial charge >= 0.3 is 0 Å². The molecule has 0 aliphatic rings. The maximum Gasteiger partial charge on any atom is 0.244 e. The van der Waals surface area contributed by atoms with Crippen molar-refractivity contribution >= 4 is 21.6 Å². The number of methoxy groups -OCH3 is 2. The first-order chi connectivity index (χ1) is 14.0. The van der Waals surface area contributed by atoms with Crippen LogP contribution in [-0.4, -0.2) is 40.8 Å². The van der Waals surface area contributed by atoms with Crippen molar-refractivity contribution in [3.63, 3.8) is 0 Å². The van der Waals surface area contributed by atoms with Crippen LogP contribution in [-0.2, 0) is 14.8 Å². The summed E-state index contributed by atoms with van der Waals surface area (Å²) in [5.41, 5.74) is 3.12. The Morgan fingerprint density at radius 3 is 2.03 bits per heavy atom. The monoisotopic (exact) mass is 434 g/mol. The van der Waals surface area contributed by atoms with Crippen molar-refractivity contribution in [3.05, 3.63) is 53.1 Å². The number of ether oxygens (including phenoxy) is 2. The molecule has 2 aromatic carbocycles. The second-order valence-corrected chi connectivity index (χ2v) is 9.28. The number of carbonyl (C=O) groups is 1. The van der Waals surface area contributed by atoms with Crippen LogP contribution in [0.5, 0.6) is 11.5 Å². The van der Waals surface area contributed by atoms with Crippen LogP contribution in [0.3, 0.4) is 0 Å². The van der Waals surface area contributed by atoms with E-state index in [1.165, 1.54) is 0 Å². The molecule has 30 heavy (non-hydrogen) atoms. The molecule has 164 valence electrons. The molecule has 2 atom stereocenters. The van der Waals surface area contributed by atoms with Gasteiger partial charge in [0.05, 0.1) is 32.2 Å². The number of anilines is 1. The minimum atomic E-state index is -3.68. The molecule has 0 aliphatic heterocycles. The molecule has 0 aliphatic carbocycles. The van der Waals surface area contributed by atoms with E-state index in [0.717, 1.165) is 27.3 Å². The van der Waals surface area contributed by atoms with E-state index in [4.69, 9.17) is 9.47 Å². The second-order valence-electron chi connectivity index (χ2n) is 7.43. The highest BCUT2D eigenvalue weighted by Gasteiger charge is 2.30. The molecular formula is C22H30N2O5S. The molecule has 1 amide bonds. The Kier molecular flexibility index (Phi) is 7.36. The van der Waals surface area contributed by atoms with Gasteiger partial charge in [-0.1, -0.05) is 12.1 Å². The number of hydrogen-bond acceptors (Lipinski definition) is 5. The van der Waals surface area contributed by atoms with Crippen LogP contribution in [0.2, 0.25) is 0 Å². The number of carbonyl (C=O) groups excluding carboxylic acids is 1. The zero-order valence-corrected chi connectivity index (χ0v) is 19.3. The van der Waals surface area contributed by atoms with Crippen molar-refractivity contribution in [3.8, 4) is 11.5 Å². The van der Waals surface area contributed by atoms with Gasteiger partial charge in [-0.2, -0.15) is 0 Å². The summed E-state index contributed by atoms with van der Waals surface area (Å²) in [4.78, 5) is 13.0. The first kappa shape index (κ1) is 23.5. The maximum atomic E-state index is 13.0. The van der Waals surface area contributed by atoms with Gasteiger partial charge in [0.25, 0.3) is 0 Å². The van der Waals surface area contributed by atoms with E-state index in [0.29, 0.717) is 17.2 Å². The maximum absolute atomic E-state index is 13.0. The third-order valence-electron chi connectivity index (χ3n) is 4.82. The summed E-state index contributed by atoms with van der Waals surface area (Å²) in [5.74, 6) is 0.741. The van der Waals surface area contributed by atoms with Crippen LogP contribution in [0.15, 0.2) is 36.4 Å². The summed E-state index contributed by atoms with van der Waals surface area (Å²) < 4.78 is 36.8. The Balaban J connectivity index is 2.29. The Morgan fingerprint density at radius 1 is 0.967 bits per heavy atom. The fraction of sp³-hybridized carbons (Fsp3) is 0.409. The highest BCUT2D eigenvalue weighted by molar-refractivity contribution is 7.92. The average Bonchev–Trinajstić information content (AvgIpc) is 2.65. The molecule has 0 saturated heterocycles. The molecule has 0 radical (unpaired) electrons. The smallest absolute Gasteiger partial charge is 0.244 e. The van der Waals surface area contributed by atoms with Gasteiger partial charge in [0.2, 0.25) is 15.9 Å². The first-order valence-corrected chi connectivity index (χ1v) is 11.4. The van der Waals surface area contributed by atoms with Gasteiger partial charge in [-0.25, -0.2) is 8.42 Å². The van der Waals surface area contributed by atoms with E-state index in [1.807, 2.05) is 32.9 Å². The lowest BCUT2D eigenvalue weighted by molar-refractivity contribution is -0.122. The van der Waals surface area contributed by atoms with Crippen molar-refractivity contribution < 1.29 is 22.7 Å². The number of amides is 1. The van der Waals surface area contributed by atoms with Crippen LogP contribution in [0.25, 0.3) is 0 Å². The van der Waals surface area contributed by atoms with E-state index in [1.54, 1.807) is 45.4 Å². The summed E-state index contributed by atoms with van der Waals surface area (Å²) in [7, 11) is -0.585. The minimum Gasteiger partial charge on any atom is -0.493 e. The Hall–Kier alpha value is -2.74. The van der Waals surface area contributed by atoms with Crippen LogP contribution < -0.4 is 19.1 Å². The number of nitrogens with one attached hydrogen (secondary N) is 1. The van der Waals surface area contributed by atoms with Crippen molar-refractivity contribution in [2.75, 3.05) is 24.8 Å².